The van der Waals surface area contributed by atoms with Crippen LogP contribution in [0.1, 0.15) is 29.1 Å². The monoisotopic (exact) mass is 360 g/mol. The van der Waals surface area contributed by atoms with Gasteiger partial charge in [0.2, 0.25) is 0 Å². The maximum atomic E-state index is 12.4. The van der Waals surface area contributed by atoms with Crippen LogP contribution in [0.4, 0.5) is 5.13 Å². The summed E-state index contributed by atoms with van der Waals surface area (Å²) in [5, 5.41) is 22.1. The van der Waals surface area contributed by atoms with E-state index >= 15 is 0 Å². The van der Waals surface area contributed by atoms with E-state index in [0.717, 1.165) is 21.6 Å². The summed E-state index contributed by atoms with van der Waals surface area (Å²) in [5.41, 5.74) is 2.74. The van der Waals surface area contributed by atoms with E-state index in [-0.39, 0.29) is 5.69 Å². The van der Waals surface area contributed by atoms with Gasteiger partial charge < -0.3 is 5.11 Å². The molecule has 130 valence electrons. The minimum absolute atomic E-state index is 0.157. The third-order valence-corrected chi connectivity index (χ3v) is 4.62. The Morgan fingerprint density at radius 1 is 1.36 bits per heavy atom. The molecule has 1 unspecified atom stereocenters. The Hall–Kier alpha value is -3.01. The predicted octanol–water partition coefficient (Wildman–Crippen LogP) is 1.95. The Labute approximate surface area is 146 Å². The molecular formula is C15H16N6O3S. The van der Waals surface area contributed by atoms with Gasteiger partial charge in [0.25, 0.3) is 5.91 Å². The van der Waals surface area contributed by atoms with Crippen LogP contribution in [0.15, 0.2) is 23.8 Å². The van der Waals surface area contributed by atoms with E-state index in [2.05, 4.69) is 20.5 Å². The van der Waals surface area contributed by atoms with Crippen LogP contribution in [-0.4, -0.2) is 41.5 Å². The number of nitrogens with zero attached hydrogens (tertiary/aromatic N) is 5. The van der Waals surface area contributed by atoms with Gasteiger partial charge in [-0.2, -0.15) is 10.2 Å². The highest BCUT2D eigenvalue weighted by Crippen LogP contribution is 2.27. The van der Waals surface area contributed by atoms with E-state index in [4.69, 9.17) is 5.11 Å². The highest BCUT2D eigenvalue weighted by Gasteiger charge is 2.22. The summed E-state index contributed by atoms with van der Waals surface area (Å²) < 4.78 is 2.91. The molecule has 3 aromatic rings. The molecule has 0 fully saturated rings. The van der Waals surface area contributed by atoms with Gasteiger partial charge in [0.15, 0.2) is 5.13 Å². The molecule has 0 aliphatic carbocycles. The van der Waals surface area contributed by atoms with Crippen molar-refractivity contribution in [2.24, 2.45) is 7.05 Å². The number of carboxylic acid groups (broad SMARTS) is 1. The van der Waals surface area contributed by atoms with Crippen LogP contribution < -0.4 is 5.32 Å². The van der Waals surface area contributed by atoms with E-state index in [1.165, 1.54) is 30.5 Å². The number of aryl methyl sites for hydroxylation is 1. The lowest BCUT2D eigenvalue weighted by molar-refractivity contribution is -0.140. The first-order valence-electron chi connectivity index (χ1n) is 7.40. The number of aliphatic carboxylic acids is 1. The SMILES string of the molecule is Cc1c(-c2csc(NC(=O)c3ccnn3C(C)C(=O)O)n2)cnn1C. The van der Waals surface area contributed by atoms with Crippen LogP contribution in [-0.2, 0) is 11.8 Å². The van der Waals surface area contributed by atoms with Gasteiger partial charge in [-0.25, -0.2) is 14.5 Å². The number of hydrogen-bond donors (Lipinski definition) is 2. The standard InChI is InChI=1S/C15H16N6O3S/c1-8-10(6-17-20(8)3)11-7-25-15(18-11)19-13(22)12-4-5-16-21(12)9(2)14(23)24/h4-7,9H,1-3H3,(H,23,24)(H,18,19,22). The van der Waals surface area contributed by atoms with Gasteiger partial charge in [-0.15, -0.1) is 11.3 Å². The zero-order valence-corrected chi connectivity index (χ0v) is 14.6. The second-order valence-corrected chi connectivity index (χ2v) is 6.29. The number of anilines is 1. The number of carbonyl (C=O) groups excluding carboxylic acids is 1. The van der Waals surface area contributed by atoms with Gasteiger partial charge in [-0.1, -0.05) is 0 Å². The fourth-order valence-electron chi connectivity index (χ4n) is 2.27. The molecule has 0 spiro atoms. The number of hydrogen-bond acceptors (Lipinski definition) is 6. The lowest BCUT2D eigenvalue weighted by Gasteiger charge is -2.10. The molecule has 3 rings (SSSR count). The van der Waals surface area contributed by atoms with E-state index < -0.39 is 17.9 Å². The van der Waals surface area contributed by atoms with Gasteiger partial charge in [0, 0.05) is 29.9 Å². The average Bonchev–Trinajstić information content (AvgIpc) is 3.28. The fourth-order valence-corrected chi connectivity index (χ4v) is 2.98. The molecule has 3 heterocycles. The van der Waals surface area contributed by atoms with Crippen LogP contribution in [0, 0.1) is 6.92 Å². The third-order valence-electron chi connectivity index (χ3n) is 3.86. The van der Waals surface area contributed by atoms with Crippen molar-refractivity contribution in [3.63, 3.8) is 0 Å². The molecule has 0 aliphatic rings. The average molecular weight is 360 g/mol. The minimum atomic E-state index is -1.07. The predicted molar refractivity (Wildman–Crippen MR) is 91.6 cm³/mol. The number of amides is 1. The molecule has 9 nitrogen and oxygen atoms in total. The highest BCUT2D eigenvalue weighted by atomic mass is 32.1. The second-order valence-electron chi connectivity index (χ2n) is 5.43. The number of rotatable bonds is 5. The maximum Gasteiger partial charge on any atom is 0.328 e. The molecule has 0 bridgehead atoms. The van der Waals surface area contributed by atoms with E-state index in [0.29, 0.717) is 5.13 Å². The summed E-state index contributed by atoms with van der Waals surface area (Å²) in [6.07, 6.45) is 3.11. The zero-order valence-electron chi connectivity index (χ0n) is 13.8. The molecule has 1 atom stereocenters. The summed E-state index contributed by atoms with van der Waals surface area (Å²) >= 11 is 1.28. The lowest BCUT2D eigenvalue weighted by atomic mass is 10.2. The number of carboxylic acids is 1. The van der Waals surface area contributed by atoms with Gasteiger partial charge >= 0.3 is 5.97 Å². The normalized spacial score (nSPS) is 12.1. The van der Waals surface area contributed by atoms with Crippen LogP contribution in [0.2, 0.25) is 0 Å². The first-order chi connectivity index (χ1) is 11.9. The lowest BCUT2D eigenvalue weighted by Crippen LogP contribution is -2.24. The maximum absolute atomic E-state index is 12.4. The molecule has 0 aliphatic heterocycles. The summed E-state index contributed by atoms with van der Waals surface area (Å²) in [5.74, 6) is -1.53. The van der Waals surface area contributed by atoms with Crippen molar-refractivity contribution in [2.75, 3.05) is 5.32 Å². The van der Waals surface area contributed by atoms with Crippen molar-refractivity contribution in [1.82, 2.24) is 24.5 Å². The van der Waals surface area contributed by atoms with Gasteiger partial charge in [-0.3, -0.25) is 14.8 Å². The Morgan fingerprint density at radius 3 is 2.76 bits per heavy atom. The van der Waals surface area contributed by atoms with Crippen molar-refractivity contribution in [3.8, 4) is 11.3 Å². The molecule has 0 saturated heterocycles. The molecule has 25 heavy (non-hydrogen) atoms. The minimum Gasteiger partial charge on any atom is -0.480 e. The molecule has 1 amide bonds. The third kappa shape index (κ3) is 3.15. The summed E-state index contributed by atoms with van der Waals surface area (Å²) in [6.45, 7) is 3.39. The Bertz CT molecular complexity index is 941. The molecule has 0 aromatic carbocycles. The van der Waals surface area contributed by atoms with E-state index in [1.807, 2.05) is 19.4 Å². The Morgan fingerprint density at radius 2 is 2.12 bits per heavy atom. The Balaban J connectivity index is 1.80. The highest BCUT2D eigenvalue weighted by molar-refractivity contribution is 7.14. The van der Waals surface area contributed by atoms with Crippen molar-refractivity contribution >= 4 is 28.3 Å². The quantitative estimate of drug-likeness (QED) is 0.718. The topological polar surface area (TPSA) is 115 Å². The largest absolute Gasteiger partial charge is 0.480 e. The molecular weight excluding hydrogens is 344 g/mol. The number of carbonyl (C=O) groups is 2. The van der Waals surface area contributed by atoms with Crippen LogP contribution in [0.25, 0.3) is 11.3 Å². The van der Waals surface area contributed by atoms with Crippen molar-refractivity contribution in [1.29, 1.82) is 0 Å². The molecule has 0 radical (unpaired) electrons. The van der Waals surface area contributed by atoms with Crippen molar-refractivity contribution < 1.29 is 14.7 Å². The van der Waals surface area contributed by atoms with E-state index in [9.17, 15) is 9.59 Å². The zero-order chi connectivity index (χ0) is 18.1. The summed E-state index contributed by atoms with van der Waals surface area (Å²) in [6, 6.07) is 0.523. The summed E-state index contributed by atoms with van der Waals surface area (Å²) in [7, 11) is 1.85. The first kappa shape index (κ1) is 16.8. The van der Waals surface area contributed by atoms with Crippen LogP contribution >= 0.6 is 11.3 Å². The Kier molecular flexibility index (Phi) is 4.36. The number of aromatic nitrogens is 5. The smallest absolute Gasteiger partial charge is 0.328 e. The van der Waals surface area contributed by atoms with Crippen LogP contribution in [0.3, 0.4) is 0 Å². The number of nitrogens with one attached hydrogen (secondary N) is 1. The molecule has 3 aromatic heterocycles. The van der Waals surface area contributed by atoms with Gasteiger partial charge in [-0.05, 0) is 19.9 Å². The molecule has 2 N–H and O–H groups in total. The first-order valence-corrected chi connectivity index (χ1v) is 8.28. The number of thiazole rings is 1. The van der Waals surface area contributed by atoms with Crippen molar-refractivity contribution in [2.45, 2.75) is 19.9 Å². The van der Waals surface area contributed by atoms with Gasteiger partial charge in [0.05, 0.1) is 11.9 Å². The van der Waals surface area contributed by atoms with E-state index in [1.54, 1.807) is 10.9 Å². The second kappa shape index (κ2) is 6.48. The molecule has 0 saturated carbocycles. The van der Waals surface area contributed by atoms with Crippen molar-refractivity contribution in [3.05, 3.63) is 35.2 Å². The molecule has 10 heteroatoms. The summed E-state index contributed by atoms with van der Waals surface area (Å²) in [4.78, 5) is 27.9. The van der Waals surface area contributed by atoms with Crippen LogP contribution in [0.5, 0.6) is 0 Å². The van der Waals surface area contributed by atoms with Gasteiger partial charge in [0.1, 0.15) is 11.7 Å². The fraction of sp³-hybridized carbons (Fsp3) is 0.267.